The molecule has 0 bridgehead atoms. The van der Waals surface area contributed by atoms with Crippen LogP contribution in [-0.4, -0.2) is 35.6 Å². The van der Waals surface area contributed by atoms with E-state index in [9.17, 15) is 14.4 Å². The lowest BCUT2D eigenvalue weighted by Gasteiger charge is -2.27. The van der Waals surface area contributed by atoms with Gasteiger partial charge in [0, 0.05) is 49.3 Å². The van der Waals surface area contributed by atoms with E-state index >= 15 is 0 Å². The van der Waals surface area contributed by atoms with Crippen LogP contribution in [0, 0.1) is 0 Å². The summed E-state index contributed by atoms with van der Waals surface area (Å²) < 4.78 is 0. The van der Waals surface area contributed by atoms with Crippen molar-refractivity contribution in [1.82, 2.24) is 10.2 Å². The van der Waals surface area contributed by atoms with Crippen LogP contribution in [0.5, 0.6) is 0 Å². The molecule has 4 rings (SSSR count). The highest BCUT2D eigenvalue weighted by Crippen LogP contribution is 2.24. The molecule has 0 fully saturated rings. The number of amides is 2. The fourth-order valence-corrected chi connectivity index (χ4v) is 5.18. The number of thiophene rings is 1. The number of nitrogens with one attached hydrogen (secondary N) is 1. The monoisotopic (exact) mass is 424 g/mol. The van der Waals surface area contributed by atoms with Crippen molar-refractivity contribution in [1.29, 1.82) is 0 Å². The Morgan fingerprint density at radius 1 is 0.933 bits per heavy atom. The molecule has 158 valence electrons. The van der Waals surface area contributed by atoms with Gasteiger partial charge in [-0.15, -0.1) is 11.3 Å². The second-order valence-corrected chi connectivity index (χ2v) is 9.15. The maximum atomic E-state index is 12.5. The topological polar surface area (TPSA) is 66.5 Å². The lowest BCUT2D eigenvalue weighted by atomic mass is 9.89. The number of Topliss-reactive ketones (excluding diaryl/α,β-unsaturated/α-hetero) is 1. The molecule has 5 nitrogen and oxygen atoms in total. The van der Waals surface area contributed by atoms with Gasteiger partial charge in [0.05, 0.1) is 0 Å². The highest BCUT2D eigenvalue weighted by atomic mass is 32.1. The first-order valence-electron chi connectivity index (χ1n) is 10.8. The van der Waals surface area contributed by atoms with E-state index in [0.29, 0.717) is 25.1 Å². The van der Waals surface area contributed by atoms with Crippen LogP contribution in [-0.2, 0) is 35.4 Å². The maximum Gasteiger partial charge on any atom is 0.224 e. The van der Waals surface area contributed by atoms with E-state index in [2.05, 4.69) is 22.8 Å². The number of carbonyl (C=O) groups is 3. The largest absolute Gasteiger partial charge is 0.356 e. The molecule has 0 saturated carbocycles. The van der Waals surface area contributed by atoms with Gasteiger partial charge in [-0.1, -0.05) is 12.1 Å². The summed E-state index contributed by atoms with van der Waals surface area (Å²) in [4.78, 5) is 40.2. The quantitative estimate of drug-likeness (QED) is 0.690. The van der Waals surface area contributed by atoms with E-state index < -0.39 is 0 Å². The summed E-state index contributed by atoms with van der Waals surface area (Å²) in [6.07, 6.45) is 6.09. The smallest absolute Gasteiger partial charge is 0.224 e. The summed E-state index contributed by atoms with van der Waals surface area (Å²) >= 11 is 1.75. The van der Waals surface area contributed by atoms with Crippen molar-refractivity contribution in [3.05, 3.63) is 56.8 Å². The minimum atomic E-state index is -0.173. The van der Waals surface area contributed by atoms with Crippen molar-refractivity contribution in [2.45, 2.75) is 57.9 Å². The number of fused-ring (bicyclic) bond motifs is 2. The van der Waals surface area contributed by atoms with Crippen molar-refractivity contribution in [2.75, 3.05) is 13.1 Å². The third-order valence-electron chi connectivity index (χ3n) is 6.07. The molecule has 30 heavy (non-hydrogen) atoms. The number of aryl methyl sites for hydroxylation is 2. The highest BCUT2D eigenvalue weighted by molar-refractivity contribution is 7.10. The zero-order valence-corrected chi connectivity index (χ0v) is 18.1. The second-order valence-electron chi connectivity index (χ2n) is 8.15. The molecule has 0 atom stereocenters. The molecule has 1 aromatic carbocycles. The van der Waals surface area contributed by atoms with Crippen molar-refractivity contribution in [3.8, 4) is 0 Å². The Morgan fingerprint density at radius 3 is 2.63 bits per heavy atom. The summed E-state index contributed by atoms with van der Waals surface area (Å²) in [5, 5.41) is 4.86. The first-order valence-corrected chi connectivity index (χ1v) is 11.7. The maximum absolute atomic E-state index is 12.5. The standard InChI is InChI=1S/C24H28N2O3S/c27-21(19-6-5-17-3-1-2-4-18(17)15-19)7-8-23(28)25-12-9-24(29)26-13-10-22-20(16-26)11-14-30-22/h5-6,11,14-15H,1-4,7-10,12-13,16H2,(H,25,28). The first-order chi connectivity index (χ1) is 14.6. The number of hydrogen-bond donors (Lipinski definition) is 1. The molecule has 2 aromatic rings. The van der Waals surface area contributed by atoms with Gasteiger partial charge in [-0.3, -0.25) is 14.4 Å². The molecule has 0 radical (unpaired) electrons. The van der Waals surface area contributed by atoms with E-state index in [1.807, 2.05) is 17.0 Å². The van der Waals surface area contributed by atoms with Crippen molar-refractivity contribution in [2.24, 2.45) is 0 Å². The fourth-order valence-electron chi connectivity index (χ4n) is 4.29. The Hall–Kier alpha value is -2.47. The van der Waals surface area contributed by atoms with Crippen LogP contribution in [0.15, 0.2) is 29.6 Å². The molecular weight excluding hydrogens is 396 g/mol. The lowest BCUT2D eigenvalue weighted by molar-refractivity contribution is -0.132. The van der Waals surface area contributed by atoms with E-state index in [4.69, 9.17) is 0 Å². The van der Waals surface area contributed by atoms with Gasteiger partial charge >= 0.3 is 0 Å². The van der Waals surface area contributed by atoms with E-state index in [-0.39, 0.29) is 30.4 Å². The van der Waals surface area contributed by atoms with Crippen LogP contribution in [0.4, 0.5) is 0 Å². The zero-order chi connectivity index (χ0) is 20.9. The van der Waals surface area contributed by atoms with Crippen LogP contribution in [0.25, 0.3) is 0 Å². The average Bonchev–Trinajstić information content (AvgIpc) is 3.25. The van der Waals surface area contributed by atoms with Gasteiger partial charge in [-0.05, 0) is 66.3 Å². The number of rotatable bonds is 7. The van der Waals surface area contributed by atoms with E-state index in [0.717, 1.165) is 25.8 Å². The molecule has 6 heteroatoms. The Labute approximate surface area is 181 Å². The number of ketones is 1. The summed E-state index contributed by atoms with van der Waals surface area (Å²) in [5.74, 6) is -0.0976. The molecule has 0 saturated heterocycles. The Morgan fingerprint density at radius 2 is 1.77 bits per heavy atom. The molecule has 2 amide bonds. The fraction of sp³-hybridized carbons (Fsp3) is 0.458. The Balaban J connectivity index is 1.17. The third kappa shape index (κ3) is 4.98. The predicted octanol–water partition coefficient (Wildman–Crippen LogP) is 3.68. The first kappa shape index (κ1) is 20.8. The van der Waals surface area contributed by atoms with Crippen LogP contribution < -0.4 is 5.32 Å². The summed E-state index contributed by atoms with van der Waals surface area (Å²) in [6.45, 7) is 1.73. The molecule has 2 heterocycles. The predicted molar refractivity (Wildman–Crippen MR) is 118 cm³/mol. The minimum absolute atomic E-state index is 0.00878. The zero-order valence-electron chi connectivity index (χ0n) is 17.2. The second kappa shape index (κ2) is 9.56. The molecule has 0 unspecified atom stereocenters. The number of nitrogens with zero attached hydrogens (tertiary/aromatic N) is 1. The SMILES string of the molecule is O=C(CCC(=O)c1ccc2c(c1)CCCC2)NCCC(=O)N1CCc2sccc2C1. The minimum Gasteiger partial charge on any atom is -0.356 e. The summed E-state index contributed by atoms with van der Waals surface area (Å²) in [7, 11) is 0. The van der Waals surface area contributed by atoms with Gasteiger partial charge in [0.15, 0.2) is 5.78 Å². The molecule has 2 aliphatic rings. The van der Waals surface area contributed by atoms with Crippen LogP contribution >= 0.6 is 11.3 Å². The molecule has 0 spiro atoms. The normalized spacial score (nSPS) is 15.3. The molecule has 1 aromatic heterocycles. The van der Waals surface area contributed by atoms with Crippen LogP contribution in [0.3, 0.4) is 0 Å². The van der Waals surface area contributed by atoms with Gasteiger partial charge < -0.3 is 10.2 Å². The number of hydrogen-bond acceptors (Lipinski definition) is 4. The number of benzene rings is 1. The van der Waals surface area contributed by atoms with Gasteiger partial charge in [0.2, 0.25) is 11.8 Å². The summed E-state index contributed by atoms with van der Waals surface area (Å²) in [6, 6.07) is 8.04. The molecule has 1 N–H and O–H groups in total. The molecular formula is C24H28N2O3S. The van der Waals surface area contributed by atoms with Gasteiger partial charge in [-0.2, -0.15) is 0 Å². The molecule has 1 aliphatic carbocycles. The third-order valence-corrected chi connectivity index (χ3v) is 7.09. The average molecular weight is 425 g/mol. The van der Waals surface area contributed by atoms with Crippen LogP contribution in [0.1, 0.15) is 64.0 Å². The Kier molecular flexibility index (Phi) is 6.62. The van der Waals surface area contributed by atoms with Crippen molar-refractivity contribution in [3.63, 3.8) is 0 Å². The summed E-state index contributed by atoms with van der Waals surface area (Å²) in [5.41, 5.74) is 4.58. The van der Waals surface area contributed by atoms with Crippen LogP contribution in [0.2, 0.25) is 0 Å². The van der Waals surface area contributed by atoms with Gasteiger partial charge in [0.25, 0.3) is 0 Å². The van der Waals surface area contributed by atoms with E-state index in [1.165, 1.54) is 34.4 Å². The number of carbonyl (C=O) groups excluding carboxylic acids is 3. The Bertz CT molecular complexity index is 950. The van der Waals surface area contributed by atoms with Gasteiger partial charge in [-0.25, -0.2) is 0 Å². The van der Waals surface area contributed by atoms with Crippen molar-refractivity contribution >= 4 is 28.9 Å². The molecule has 1 aliphatic heterocycles. The van der Waals surface area contributed by atoms with Gasteiger partial charge in [0.1, 0.15) is 0 Å². The van der Waals surface area contributed by atoms with Crippen molar-refractivity contribution < 1.29 is 14.4 Å². The lowest BCUT2D eigenvalue weighted by Crippen LogP contribution is -2.37. The van der Waals surface area contributed by atoms with E-state index in [1.54, 1.807) is 11.3 Å². The highest BCUT2D eigenvalue weighted by Gasteiger charge is 2.21.